The Bertz CT molecular complexity index is 339. The van der Waals surface area contributed by atoms with E-state index < -0.39 is 0 Å². The number of nitrogens with zero attached hydrogens (tertiary/aromatic N) is 1. The van der Waals surface area contributed by atoms with Crippen molar-refractivity contribution in [2.75, 3.05) is 0 Å². The van der Waals surface area contributed by atoms with E-state index in [0.717, 1.165) is 5.56 Å². The van der Waals surface area contributed by atoms with Crippen LogP contribution in [0.15, 0.2) is 18.2 Å². The van der Waals surface area contributed by atoms with Crippen molar-refractivity contribution in [3.63, 3.8) is 0 Å². The fourth-order valence-corrected chi connectivity index (χ4v) is 1.38. The molecule has 1 unspecified atom stereocenters. The summed E-state index contributed by atoms with van der Waals surface area (Å²) in [6, 6.07) is 7.39. The summed E-state index contributed by atoms with van der Waals surface area (Å²) in [5, 5.41) is 9.44. The average molecular weight is 195 g/mol. The minimum Gasteiger partial charge on any atom is -0.328 e. The summed E-state index contributed by atoms with van der Waals surface area (Å²) in [5.74, 6) is 0. The Hall–Kier alpha value is -1.04. The van der Waals surface area contributed by atoms with Gasteiger partial charge in [-0.2, -0.15) is 5.26 Å². The molecule has 0 heterocycles. The highest BCUT2D eigenvalue weighted by Gasteiger charge is 2.04. The molecule has 0 amide bonds. The Kier molecular flexibility index (Phi) is 3.30. The van der Waals surface area contributed by atoms with Crippen LogP contribution in [0.4, 0.5) is 0 Å². The Balaban J connectivity index is 3.03. The van der Waals surface area contributed by atoms with E-state index in [-0.39, 0.29) is 6.04 Å². The number of rotatable bonds is 2. The quantitative estimate of drug-likeness (QED) is 0.784. The second-order valence-electron chi connectivity index (χ2n) is 3.09. The lowest BCUT2D eigenvalue weighted by molar-refractivity contribution is 0.737. The molecule has 3 heteroatoms. The van der Waals surface area contributed by atoms with Crippen molar-refractivity contribution in [3.8, 4) is 6.07 Å². The van der Waals surface area contributed by atoms with Crippen LogP contribution in [-0.2, 0) is 6.42 Å². The third-order valence-corrected chi connectivity index (χ3v) is 1.96. The molecule has 0 spiro atoms. The fraction of sp³-hybridized carbons (Fsp3) is 0.300. The molecule has 0 aliphatic carbocycles. The van der Waals surface area contributed by atoms with Crippen molar-refractivity contribution in [1.29, 1.82) is 5.26 Å². The van der Waals surface area contributed by atoms with Crippen LogP contribution in [0.1, 0.15) is 18.1 Å². The molecular formula is C10H11ClN2. The van der Waals surface area contributed by atoms with Crippen molar-refractivity contribution in [1.82, 2.24) is 0 Å². The van der Waals surface area contributed by atoms with Crippen molar-refractivity contribution in [2.24, 2.45) is 5.73 Å². The smallest absolute Gasteiger partial charge is 0.0994 e. The van der Waals surface area contributed by atoms with Gasteiger partial charge in [0.2, 0.25) is 0 Å². The minimum atomic E-state index is 0.0468. The van der Waals surface area contributed by atoms with Gasteiger partial charge in [-0.05, 0) is 37.1 Å². The lowest BCUT2D eigenvalue weighted by Crippen LogP contribution is -2.18. The molecule has 1 atom stereocenters. The van der Waals surface area contributed by atoms with E-state index in [4.69, 9.17) is 22.6 Å². The first-order valence-electron chi connectivity index (χ1n) is 4.07. The van der Waals surface area contributed by atoms with Gasteiger partial charge in [0.1, 0.15) is 0 Å². The van der Waals surface area contributed by atoms with Crippen LogP contribution < -0.4 is 5.73 Å². The highest BCUT2D eigenvalue weighted by molar-refractivity contribution is 6.30. The zero-order valence-electron chi connectivity index (χ0n) is 7.42. The Labute approximate surface area is 82.9 Å². The molecule has 1 aromatic carbocycles. The van der Waals surface area contributed by atoms with Gasteiger partial charge in [-0.25, -0.2) is 0 Å². The van der Waals surface area contributed by atoms with Crippen LogP contribution in [-0.4, -0.2) is 6.04 Å². The van der Waals surface area contributed by atoms with E-state index in [2.05, 4.69) is 6.07 Å². The van der Waals surface area contributed by atoms with E-state index in [1.165, 1.54) is 0 Å². The van der Waals surface area contributed by atoms with Gasteiger partial charge >= 0.3 is 0 Å². The van der Waals surface area contributed by atoms with Crippen LogP contribution in [0.25, 0.3) is 0 Å². The number of hydrogen-bond acceptors (Lipinski definition) is 2. The Morgan fingerprint density at radius 2 is 2.31 bits per heavy atom. The molecular weight excluding hydrogens is 184 g/mol. The highest BCUT2D eigenvalue weighted by atomic mass is 35.5. The molecule has 1 aromatic rings. The van der Waals surface area contributed by atoms with Crippen molar-refractivity contribution < 1.29 is 0 Å². The second-order valence-corrected chi connectivity index (χ2v) is 3.53. The number of nitriles is 1. The van der Waals surface area contributed by atoms with Crippen molar-refractivity contribution >= 4 is 11.6 Å². The third-order valence-electron chi connectivity index (χ3n) is 1.73. The highest BCUT2D eigenvalue weighted by Crippen LogP contribution is 2.16. The molecule has 2 nitrogen and oxygen atoms in total. The zero-order valence-corrected chi connectivity index (χ0v) is 8.17. The molecule has 13 heavy (non-hydrogen) atoms. The molecule has 68 valence electrons. The Morgan fingerprint density at radius 1 is 1.62 bits per heavy atom. The number of hydrogen-bond donors (Lipinski definition) is 1. The molecule has 0 fully saturated rings. The molecule has 1 rings (SSSR count). The van der Waals surface area contributed by atoms with Gasteiger partial charge in [-0.15, -0.1) is 0 Å². The molecule has 0 aromatic heterocycles. The van der Waals surface area contributed by atoms with Gasteiger partial charge in [0.15, 0.2) is 0 Å². The summed E-state index contributed by atoms with van der Waals surface area (Å²) in [6.45, 7) is 1.90. The molecule has 0 radical (unpaired) electrons. The Morgan fingerprint density at radius 3 is 2.85 bits per heavy atom. The topological polar surface area (TPSA) is 49.8 Å². The first kappa shape index (κ1) is 10.0. The van der Waals surface area contributed by atoms with Gasteiger partial charge in [-0.3, -0.25) is 0 Å². The molecule has 0 aliphatic rings. The maximum absolute atomic E-state index is 8.79. The van der Waals surface area contributed by atoms with Gasteiger partial charge in [0, 0.05) is 11.1 Å². The van der Waals surface area contributed by atoms with Crippen molar-refractivity contribution in [3.05, 3.63) is 34.3 Å². The normalized spacial score (nSPS) is 12.2. The molecule has 0 aliphatic heterocycles. The standard InChI is InChI=1S/C10H11ClN2/c1-7(13)4-9-5-10(11)3-2-8(9)6-12/h2-3,5,7H,4,13H2,1H3. The SMILES string of the molecule is CC(N)Cc1cc(Cl)ccc1C#N. The first-order valence-corrected chi connectivity index (χ1v) is 4.45. The van der Waals surface area contributed by atoms with Crippen LogP contribution in [0.5, 0.6) is 0 Å². The average Bonchev–Trinajstić information content (AvgIpc) is 2.03. The molecule has 2 N–H and O–H groups in total. The summed E-state index contributed by atoms with van der Waals surface area (Å²) >= 11 is 5.81. The third kappa shape index (κ3) is 2.73. The minimum absolute atomic E-state index is 0.0468. The summed E-state index contributed by atoms with van der Waals surface area (Å²) in [7, 11) is 0. The monoisotopic (exact) mass is 194 g/mol. The van der Waals surface area contributed by atoms with Crippen LogP contribution >= 0.6 is 11.6 Å². The van der Waals surface area contributed by atoms with Gasteiger partial charge < -0.3 is 5.73 Å². The second kappa shape index (κ2) is 4.27. The molecule has 0 bridgehead atoms. The van der Waals surface area contributed by atoms with E-state index >= 15 is 0 Å². The van der Waals surface area contributed by atoms with Gasteiger partial charge in [-0.1, -0.05) is 11.6 Å². The van der Waals surface area contributed by atoms with Gasteiger partial charge in [0.05, 0.1) is 11.6 Å². The largest absolute Gasteiger partial charge is 0.328 e. The first-order chi connectivity index (χ1) is 6.13. The molecule has 0 saturated heterocycles. The van der Waals surface area contributed by atoms with E-state index in [1.807, 2.05) is 6.92 Å². The molecule has 0 saturated carbocycles. The van der Waals surface area contributed by atoms with Crippen LogP contribution in [0.2, 0.25) is 5.02 Å². The van der Waals surface area contributed by atoms with Crippen molar-refractivity contribution in [2.45, 2.75) is 19.4 Å². The number of nitrogens with two attached hydrogens (primary N) is 1. The number of halogens is 1. The lowest BCUT2D eigenvalue weighted by atomic mass is 10.0. The fourth-order valence-electron chi connectivity index (χ4n) is 1.19. The van der Waals surface area contributed by atoms with Crippen LogP contribution in [0, 0.1) is 11.3 Å². The van der Waals surface area contributed by atoms with E-state index in [1.54, 1.807) is 18.2 Å². The lowest BCUT2D eigenvalue weighted by Gasteiger charge is -2.07. The summed E-state index contributed by atoms with van der Waals surface area (Å²) in [5.41, 5.74) is 7.22. The summed E-state index contributed by atoms with van der Waals surface area (Å²) < 4.78 is 0. The predicted molar refractivity (Wildman–Crippen MR) is 53.5 cm³/mol. The maximum atomic E-state index is 8.79. The van der Waals surface area contributed by atoms with E-state index in [0.29, 0.717) is 17.0 Å². The number of benzene rings is 1. The van der Waals surface area contributed by atoms with Gasteiger partial charge in [0.25, 0.3) is 0 Å². The van der Waals surface area contributed by atoms with E-state index in [9.17, 15) is 0 Å². The predicted octanol–water partition coefficient (Wildman–Crippen LogP) is 2.10. The maximum Gasteiger partial charge on any atom is 0.0994 e. The zero-order chi connectivity index (χ0) is 9.84. The summed E-state index contributed by atoms with van der Waals surface area (Å²) in [4.78, 5) is 0. The van der Waals surface area contributed by atoms with Crippen LogP contribution in [0.3, 0.4) is 0 Å². The summed E-state index contributed by atoms with van der Waals surface area (Å²) in [6.07, 6.45) is 0.684.